The van der Waals surface area contributed by atoms with E-state index < -0.39 is 0 Å². The molecule has 6 heteroatoms. The minimum absolute atomic E-state index is 0.176. The van der Waals surface area contributed by atoms with Crippen LogP contribution in [-0.4, -0.2) is 78.6 Å². The number of likely N-dealkylation sites (tertiary alicyclic amines) is 3. The summed E-state index contributed by atoms with van der Waals surface area (Å²) in [5, 5.41) is 0. The van der Waals surface area contributed by atoms with Crippen LogP contribution >= 0.6 is 0 Å². The van der Waals surface area contributed by atoms with Gasteiger partial charge in [-0.3, -0.25) is 9.69 Å². The Bertz CT molecular complexity index is 715. The van der Waals surface area contributed by atoms with E-state index in [1.54, 1.807) is 0 Å². The van der Waals surface area contributed by atoms with Gasteiger partial charge in [-0.15, -0.1) is 0 Å². The number of piperidine rings is 1. The zero-order valence-electron chi connectivity index (χ0n) is 17.0. The standard InChI is InChI=1S/C22H31N3O3/c1-3-28-22(27)23-10-8-19(9-11-23)24-12-17-14-25(15-18(17)13-24)21(26)20-7-5-4-6-16(20)2/h4-7,17-19H,3,8-15H2,1-2H3/t17-,18+. The van der Waals surface area contributed by atoms with E-state index in [0.717, 1.165) is 63.2 Å². The molecule has 3 aliphatic heterocycles. The summed E-state index contributed by atoms with van der Waals surface area (Å²) in [7, 11) is 0. The molecule has 4 rings (SSSR count). The molecular formula is C22H31N3O3. The Balaban J connectivity index is 1.29. The number of fused-ring (bicyclic) bond motifs is 1. The predicted molar refractivity (Wildman–Crippen MR) is 107 cm³/mol. The molecule has 0 N–H and O–H groups in total. The number of aryl methyl sites for hydroxylation is 1. The second-order valence-electron chi connectivity index (χ2n) is 8.42. The van der Waals surface area contributed by atoms with E-state index in [2.05, 4.69) is 9.80 Å². The van der Waals surface area contributed by atoms with E-state index in [0.29, 0.717) is 24.5 Å². The first-order valence-electron chi connectivity index (χ1n) is 10.6. The summed E-state index contributed by atoms with van der Waals surface area (Å²) >= 11 is 0. The maximum atomic E-state index is 12.9. The van der Waals surface area contributed by atoms with Gasteiger partial charge in [-0.05, 0) is 50.2 Å². The van der Waals surface area contributed by atoms with Crippen molar-refractivity contribution in [2.24, 2.45) is 11.8 Å². The Kier molecular flexibility index (Phi) is 5.58. The van der Waals surface area contributed by atoms with Crippen LogP contribution < -0.4 is 0 Å². The number of nitrogens with zero attached hydrogens (tertiary/aromatic N) is 3. The Morgan fingerprint density at radius 1 is 1.00 bits per heavy atom. The number of hydrogen-bond donors (Lipinski definition) is 0. The summed E-state index contributed by atoms with van der Waals surface area (Å²) in [5.41, 5.74) is 1.89. The number of amides is 2. The van der Waals surface area contributed by atoms with Gasteiger partial charge in [-0.1, -0.05) is 18.2 Å². The van der Waals surface area contributed by atoms with Crippen molar-refractivity contribution >= 4 is 12.0 Å². The molecule has 3 heterocycles. The fourth-order valence-corrected chi connectivity index (χ4v) is 5.10. The molecule has 0 saturated carbocycles. The van der Waals surface area contributed by atoms with Crippen LogP contribution in [0.4, 0.5) is 4.79 Å². The quantitative estimate of drug-likeness (QED) is 0.803. The number of benzene rings is 1. The number of hydrogen-bond acceptors (Lipinski definition) is 4. The molecule has 3 fully saturated rings. The average Bonchev–Trinajstić information content (AvgIpc) is 3.27. The summed E-state index contributed by atoms with van der Waals surface area (Å²) in [5.74, 6) is 1.34. The van der Waals surface area contributed by atoms with Gasteiger partial charge in [0.25, 0.3) is 5.91 Å². The van der Waals surface area contributed by atoms with Gasteiger partial charge in [0.15, 0.2) is 0 Å². The van der Waals surface area contributed by atoms with Gasteiger partial charge in [0, 0.05) is 50.9 Å². The molecule has 6 nitrogen and oxygen atoms in total. The molecule has 0 aromatic heterocycles. The molecule has 0 spiro atoms. The molecule has 2 amide bonds. The lowest BCUT2D eigenvalue weighted by molar-refractivity contribution is 0.0725. The van der Waals surface area contributed by atoms with Crippen molar-refractivity contribution in [2.45, 2.75) is 32.7 Å². The highest BCUT2D eigenvalue weighted by molar-refractivity contribution is 5.95. The third-order valence-corrected chi connectivity index (χ3v) is 6.68. The lowest BCUT2D eigenvalue weighted by Crippen LogP contribution is -2.47. The van der Waals surface area contributed by atoms with Crippen LogP contribution in [0.15, 0.2) is 24.3 Å². The molecule has 152 valence electrons. The van der Waals surface area contributed by atoms with Crippen molar-refractivity contribution in [3.63, 3.8) is 0 Å². The summed E-state index contributed by atoms with van der Waals surface area (Å²) in [6.45, 7) is 9.76. The van der Waals surface area contributed by atoms with Gasteiger partial charge in [-0.25, -0.2) is 4.79 Å². The van der Waals surface area contributed by atoms with E-state index in [-0.39, 0.29) is 12.0 Å². The second kappa shape index (κ2) is 8.11. The summed E-state index contributed by atoms with van der Waals surface area (Å²) in [6, 6.07) is 8.43. The molecule has 0 unspecified atom stereocenters. The van der Waals surface area contributed by atoms with E-state index in [9.17, 15) is 9.59 Å². The topological polar surface area (TPSA) is 53.1 Å². The van der Waals surface area contributed by atoms with Crippen molar-refractivity contribution < 1.29 is 14.3 Å². The molecule has 3 aliphatic rings. The largest absolute Gasteiger partial charge is 0.450 e. The molecule has 28 heavy (non-hydrogen) atoms. The maximum absolute atomic E-state index is 12.9. The number of carbonyl (C=O) groups excluding carboxylic acids is 2. The van der Waals surface area contributed by atoms with Crippen molar-refractivity contribution in [3.8, 4) is 0 Å². The Labute approximate surface area is 167 Å². The minimum Gasteiger partial charge on any atom is -0.450 e. The zero-order chi connectivity index (χ0) is 19.7. The van der Waals surface area contributed by atoms with Crippen molar-refractivity contribution in [1.82, 2.24) is 14.7 Å². The molecule has 0 aliphatic carbocycles. The fraction of sp³-hybridized carbons (Fsp3) is 0.636. The monoisotopic (exact) mass is 385 g/mol. The first-order valence-corrected chi connectivity index (χ1v) is 10.6. The third-order valence-electron chi connectivity index (χ3n) is 6.68. The van der Waals surface area contributed by atoms with Crippen molar-refractivity contribution in [3.05, 3.63) is 35.4 Å². The third kappa shape index (κ3) is 3.75. The Morgan fingerprint density at radius 3 is 2.25 bits per heavy atom. The summed E-state index contributed by atoms with van der Waals surface area (Å²) in [4.78, 5) is 31.3. The van der Waals surface area contributed by atoms with Crippen LogP contribution in [0.3, 0.4) is 0 Å². The van der Waals surface area contributed by atoms with E-state index in [1.165, 1.54) is 0 Å². The molecule has 3 saturated heterocycles. The first-order chi connectivity index (χ1) is 13.6. The van der Waals surface area contributed by atoms with E-state index >= 15 is 0 Å². The highest BCUT2D eigenvalue weighted by atomic mass is 16.6. The number of carbonyl (C=O) groups is 2. The first kappa shape index (κ1) is 19.2. The molecular weight excluding hydrogens is 354 g/mol. The van der Waals surface area contributed by atoms with Crippen molar-refractivity contribution in [2.75, 3.05) is 45.9 Å². The van der Waals surface area contributed by atoms with Crippen LogP contribution in [-0.2, 0) is 4.74 Å². The van der Waals surface area contributed by atoms with Gasteiger partial charge in [0.2, 0.25) is 0 Å². The normalized spacial score (nSPS) is 25.8. The summed E-state index contributed by atoms with van der Waals surface area (Å²) in [6.07, 6.45) is 1.86. The van der Waals surface area contributed by atoms with Crippen LogP contribution in [0, 0.1) is 18.8 Å². The van der Waals surface area contributed by atoms with Gasteiger partial charge in [0.05, 0.1) is 6.61 Å². The maximum Gasteiger partial charge on any atom is 0.409 e. The van der Waals surface area contributed by atoms with Crippen LogP contribution in [0.1, 0.15) is 35.7 Å². The van der Waals surface area contributed by atoms with Gasteiger partial charge in [0.1, 0.15) is 0 Å². The van der Waals surface area contributed by atoms with Crippen LogP contribution in [0.5, 0.6) is 0 Å². The molecule has 2 atom stereocenters. The minimum atomic E-state index is -0.176. The van der Waals surface area contributed by atoms with E-state index in [4.69, 9.17) is 4.74 Å². The Morgan fingerprint density at radius 2 is 1.64 bits per heavy atom. The number of ether oxygens (including phenoxy) is 1. The molecule has 0 bridgehead atoms. The van der Waals surface area contributed by atoms with Gasteiger partial charge in [-0.2, -0.15) is 0 Å². The highest BCUT2D eigenvalue weighted by Gasteiger charge is 2.44. The molecule has 1 aromatic rings. The Hall–Kier alpha value is -2.08. The number of rotatable bonds is 3. The SMILES string of the molecule is CCOC(=O)N1CCC(N2C[C@H]3CN(C(=O)c4ccccc4C)C[C@H]3C2)CC1. The van der Waals surface area contributed by atoms with E-state index in [1.807, 2.05) is 43.0 Å². The smallest absolute Gasteiger partial charge is 0.409 e. The average molecular weight is 386 g/mol. The summed E-state index contributed by atoms with van der Waals surface area (Å²) < 4.78 is 5.12. The predicted octanol–water partition coefficient (Wildman–Crippen LogP) is 2.62. The molecule has 0 radical (unpaired) electrons. The highest BCUT2D eigenvalue weighted by Crippen LogP contribution is 2.35. The molecule has 1 aromatic carbocycles. The van der Waals surface area contributed by atoms with Crippen molar-refractivity contribution in [1.29, 1.82) is 0 Å². The van der Waals surface area contributed by atoms with Gasteiger partial charge >= 0.3 is 6.09 Å². The van der Waals surface area contributed by atoms with Crippen LogP contribution in [0.25, 0.3) is 0 Å². The lowest BCUT2D eigenvalue weighted by Gasteiger charge is -2.36. The lowest BCUT2D eigenvalue weighted by atomic mass is 10.0. The second-order valence-corrected chi connectivity index (χ2v) is 8.42. The van der Waals surface area contributed by atoms with Gasteiger partial charge < -0.3 is 14.5 Å². The zero-order valence-corrected chi connectivity index (χ0v) is 17.0. The van der Waals surface area contributed by atoms with Crippen LogP contribution in [0.2, 0.25) is 0 Å². The fourth-order valence-electron chi connectivity index (χ4n) is 5.10.